The number of fused-ring (bicyclic) bond motifs is 1. The molecule has 0 spiro atoms. The first-order chi connectivity index (χ1) is 18.5. The number of carbonyl (C=O) groups is 1. The van der Waals surface area contributed by atoms with Crippen molar-refractivity contribution in [1.82, 2.24) is 24.6 Å². The van der Waals surface area contributed by atoms with E-state index < -0.39 is 5.60 Å². The third kappa shape index (κ3) is 5.53. The predicted octanol–water partition coefficient (Wildman–Crippen LogP) is 5.80. The number of pyridine rings is 2. The monoisotopic (exact) mass is 528 g/mol. The van der Waals surface area contributed by atoms with Gasteiger partial charge in [-0.05, 0) is 88.6 Å². The maximum absolute atomic E-state index is 12.8. The zero-order valence-electron chi connectivity index (χ0n) is 23.5. The van der Waals surface area contributed by atoms with Crippen molar-refractivity contribution >= 4 is 28.4 Å². The van der Waals surface area contributed by atoms with Crippen molar-refractivity contribution in [2.24, 2.45) is 7.05 Å². The van der Waals surface area contributed by atoms with E-state index in [1.165, 1.54) is 5.56 Å². The first-order valence-corrected chi connectivity index (χ1v) is 13.4. The van der Waals surface area contributed by atoms with Gasteiger partial charge in [0.2, 0.25) is 0 Å². The number of hydrogen-bond donors (Lipinski definition) is 2. The quantitative estimate of drug-likeness (QED) is 0.347. The van der Waals surface area contributed by atoms with Gasteiger partial charge in [0.1, 0.15) is 11.4 Å². The van der Waals surface area contributed by atoms with Crippen LogP contribution in [0.4, 0.5) is 16.3 Å². The number of anilines is 2. The van der Waals surface area contributed by atoms with E-state index in [1.54, 1.807) is 11.1 Å². The number of nitrogens with one attached hydrogen (secondary N) is 2. The lowest BCUT2D eigenvalue weighted by molar-refractivity contribution is 0.0205. The van der Waals surface area contributed by atoms with E-state index in [2.05, 4.69) is 27.5 Å². The number of carbonyl (C=O) groups excluding carboxylic acids is 1. The molecule has 3 aromatic heterocycles. The van der Waals surface area contributed by atoms with Gasteiger partial charge in [-0.15, -0.1) is 0 Å². The SMILES string of the molecule is Cc1nn(C)c(C)c1-c1cc2cc[nH]c(=O)c2c(Nc2ccc(C3CCN(C(=O)OC(C)(C)C)CC3)cc2)n1. The Hall–Kier alpha value is -4.14. The molecule has 1 aromatic carbocycles. The smallest absolute Gasteiger partial charge is 0.410 e. The summed E-state index contributed by atoms with van der Waals surface area (Å²) < 4.78 is 7.37. The molecule has 0 saturated carbocycles. The minimum absolute atomic E-state index is 0.193. The number of rotatable bonds is 4. The lowest BCUT2D eigenvalue weighted by atomic mass is 9.89. The minimum atomic E-state index is -0.489. The molecule has 0 unspecified atom stereocenters. The molecule has 2 N–H and O–H groups in total. The van der Waals surface area contributed by atoms with E-state index >= 15 is 0 Å². The van der Waals surface area contributed by atoms with Crippen LogP contribution in [0.5, 0.6) is 0 Å². The molecule has 1 fully saturated rings. The molecule has 1 amide bonds. The van der Waals surface area contributed by atoms with E-state index in [1.807, 2.05) is 70.6 Å². The van der Waals surface area contributed by atoms with Crippen LogP contribution in [0.2, 0.25) is 0 Å². The van der Waals surface area contributed by atoms with Crippen LogP contribution in [0.15, 0.2) is 47.4 Å². The van der Waals surface area contributed by atoms with Crippen molar-refractivity contribution in [2.75, 3.05) is 18.4 Å². The Labute approximate surface area is 228 Å². The van der Waals surface area contributed by atoms with Crippen LogP contribution < -0.4 is 10.9 Å². The van der Waals surface area contributed by atoms with Gasteiger partial charge in [-0.3, -0.25) is 9.48 Å². The molecule has 9 heteroatoms. The number of ether oxygens (including phenoxy) is 1. The second-order valence-electron chi connectivity index (χ2n) is 11.3. The molecule has 0 aliphatic carbocycles. The Kier molecular flexibility index (Phi) is 6.92. The number of nitrogens with zero attached hydrogens (tertiary/aromatic N) is 4. The van der Waals surface area contributed by atoms with Crippen LogP contribution in [0.1, 0.15) is 56.5 Å². The van der Waals surface area contributed by atoms with Crippen molar-refractivity contribution in [3.05, 3.63) is 69.9 Å². The third-order valence-electron chi connectivity index (χ3n) is 7.31. The molecule has 0 radical (unpaired) electrons. The summed E-state index contributed by atoms with van der Waals surface area (Å²) in [6.45, 7) is 11.0. The number of likely N-dealkylation sites (tertiary alicyclic amines) is 1. The maximum atomic E-state index is 12.8. The fourth-order valence-electron chi connectivity index (χ4n) is 5.27. The van der Waals surface area contributed by atoms with E-state index in [9.17, 15) is 9.59 Å². The van der Waals surface area contributed by atoms with E-state index in [4.69, 9.17) is 9.72 Å². The molecular formula is C30H36N6O3. The summed E-state index contributed by atoms with van der Waals surface area (Å²) in [6, 6.07) is 12.1. The van der Waals surface area contributed by atoms with Crippen molar-refractivity contribution in [2.45, 2.75) is 59.0 Å². The Bertz CT molecular complexity index is 1570. The molecule has 0 atom stereocenters. The number of aryl methyl sites for hydroxylation is 2. The molecule has 9 nitrogen and oxygen atoms in total. The normalized spacial score (nSPS) is 14.6. The highest BCUT2D eigenvalue weighted by molar-refractivity contribution is 5.95. The van der Waals surface area contributed by atoms with Crippen LogP contribution in [-0.4, -0.2) is 49.4 Å². The van der Waals surface area contributed by atoms with Crippen molar-refractivity contribution in [1.29, 1.82) is 0 Å². The fourth-order valence-corrected chi connectivity index (χ4v) is 5.27. The highest BCUT2D eigenvalue weighted by Crippen LogP contribution is 2.33. The highest BCUT2D eigenvalue weighted by atomic mass is 16.6. The molecule has 1 saturated heterocycles. The van der Waals surface area contributed by atoms with Gasteiger partial charge < -0.3 is 19.9 Å². The number of aromatic nitrogens is 4. The lowest BCUT2D eigenvalue weighted by Gasteiger charge is -2.33. The third-order valence-corrected chi connectivity index (χ3v) is 7.31. The average Bonchev–Trinajstić information content (AvgIpc) is 3.14. The van der Waals surface area contributed by atoms with E-state index in [-0.39, 0.29) is 11.7 Å². The van der Waals surface area contributed by atoms with Crippen LogP contribution in [0.25, 0.3) is 22.0 Å². The number of aromatic amines is 1. The van der Waals surface area contributed by atoms with Gasteiger partial charge in [0.05, 0.1) is 16.8 Å². The number of hydrogen-bond acceptors (Lipinski definition) is 6. The lowest BCUT2D eigenvalue weighted by Crippen LogP contribution is -2.41. The van der Waals surface area contributed by atoms with Crippen LogP contribution in [0, 0.1) is 13.8 Å². The van der Waals surface area contributed by atoms with Crippen LogP contribution in [-0.2, 0) is 11.8 Å². The zero-order valence-corrected chi connectivity index (χ0v) is 23.5. The van der Waals surface area contributed by atoms with Gasteiger partial charge in [-0.25, -0.2) is 9.78 Å². The molecular weight excluding hydrogens is 492 g/mol. The molecule has 5 rings (SSSR count). The molecule has 1 aliphatic heterocycles. The summed E-state index contributed by atoms with van der Waals surface area (Å²) in [4.78, 5) is 34.7. The predicted molar refractivity (Wildman–Crippen MR) is 154 cm³/mol. The summed E-state index contributed by atoms with van der Waals surface area (Å²) in [5.41, 5.74) is 5.04. The Morgan fingerprint density at radius 2 is 1.79 bits per heavy atom. The van der Waals surface area contributed by atoms with Crippen LogP contribution in [0.3, 0.4) is 0 Å². The molecule has 1 aliphatic rings. The Morgan fingerprint density at radius 3 is 2.41 bits per heavy atom. The Morgan fingerprint density at radius 1 is 1.10 bits per heavy atom. The zero-order chi connectivity index (χ0) is 27.9. The molecule has 204 valence electrons. The molecule has 0 bridgehead atoms. The molecule has 4 aromatic rings. The van der Waals surface area contributed by atoms with Gasteiger partial charge in [-0.2, -0.15) is 5.10 Å². The second kappa shape index (κ2) is 10.2. The highest BCUT2D eigenvalue weighted by Gasteiger charge is 2.27. The summed E-state index contributed by atoms with van der Waals surface area (Å²) in [7, 11) is 1.92. The molecule has 4 heterocycles. The standard InChI is InChI=1S/C30H36N6O3/c1-18-25(19(2)35(6)34-18)24-17-22-11-14-31-28(37)26(22)27(33-24)32-23-9-7-20(8-10-23)21-12-15-36(16-13-21)29(38)39-30(3,4)5/h7-11,14,17,21H,12-13,15-16H2,1-6H3,(H,31,37)(H,32,33). The van der Waals surface area contributed by atoms with Gasteiger partial charge >= 0.3 is 6.09 Å². The summed E-state index contributed by atoms with van der Waals surface area (Å²) in [6.07, 6.45) is 3.19. The van der Waals surface area contributed by atoms with Crippen molar-refractivity contribution < 1.29 is 9.53 Å². The first kappa shape index (κ1) is 26.5. The fraction of sp³-hybridized carbons (Fsp3) is 0.400. The number of piperidine rings is 1. The maximum Gasteiger partial charge on any atom is 0.410 e. The number of amides is 1. The number of H-pyrrole nitrogens is 1. The van der Waals surface area contributed by atoms with Crippen molar-refractivity contribution in [3.63, 3.8) is 0 Å². The van der Waals surface area contributed by atoms with Gasteiger partial charge in [0.15, 0.2) is 0 Å². The van der Waals surface area contributed by atoms with Crippen LogP contribution >= 0.6 is 0 Å². The van der Waals surface area contributed by atoms with Gasteiger partial charge in [-0.1, -0.05) is 12.1 Å². The summed E-state index contributed by atoms with van der Waals surface area (Å²) in [5.74, 6) is 0.879. The minimum Gasteiger partial charge on any atom is -0.444 e. The van der Waals surface area contributed by atoms with Gasteiger partial charge in [0.25, 0.3) is 5.56 Å². The van der Waals surface area contributed by atoms with Gasteiger partial charge in [0, 0.05) is 43.3 Å². The van der Waals surface area contributed by atoms with E-state index in [0.717, 1.165) is 46.6 Å². The second-order valence-corrected chi connectivity index (χ2v) is 11.3. The topological polar surface area (TPSA) is 105 Å². The Balaban J connectivity index is 1.37. The number of benzene rings is 1. The summed E-state index contributed by atoms with van der Waals surface area (Å²) in [5, 5.41) is 9.25. The van der Waals surface area contributed by atoms with Crippen molar-refractivity contribution in [3.8, 4) is 11.3 Å². The largest absolute Gasteiger partial charge is 0.444 e. The first-order valence-electron chi connectivity index (χ1n) is 13.4. The average molecular weight is 529 g/mol. The molecule has 39 heavy (non-hydrogen) atoms. The summed E-state index contributed by atoms with van der Waals surface area (Å²) >= 11 is 0. The van der Waals surface area contributed by atoms with E-state index in [0.29, 0.717) is 30.2 Å².